The monoisotopic (exact) mass is 778 g/mol. The largest absolute Gasteiger partial charge is 0.463 e. The van der Waals surface area contributed by atoms with Crippen LogP contribution in [0.4, 0.5) is 0 Å². The average Bonchev–Trinajstić information content (AvgIpc) is 3.00. The maximum Gasteiger partial charge on any atom is 0.311 e. The summed E-state index contributed by atoms with van der Waals surface area (Å²) in [7, 11) is -6.71. The van der Waals surface area contributed by atoms with Gasteiger partial charge in [-0.25, -0.2) is 0 Å². The molecule has 0 heterocycles. The predicted octanol–water partition coefficient (Wildman–Crippen LogP) is 5.88. The molecular formula is C36H74N2O10Si3. The lowest BCUT2D eigenvalue weighted by molar-refractivity contribution is -0.160. The number of rotatable bonds is 26. The summed E-state index contributed by atoms with van der Waals surface area (Å²) in [5, 5.41) is 24.2. The molecule has 0 saturated carbocycles. The highest BCUT2D eigenvalue weighted by Gasteiger charge is 2.44. The Morgan fingerprint density at radius 3 is 1.18 bits per heavy atom. The van der Waals surface area contributed by atoms with Gasteiger partial charge in [0.15, 0.2) is 16.6 Å². The number of aliphatic hydroxyl groups excluding tert-OH is 2. The highest BCUT2D eigenvalue weighted by Crippen LogP contribution is 2.39. The van der Waals surface area contributed by atoms with Crippen LogP contribution in [0.25, 0.3) is 0 Å². The zero-order valence-electron chi connectivity index (χ0n) is 34.6. The van der Waals surface area contributed by atoms with Crippen molar-refractivity contribution in [2.24, 2.45) is 21.7 Å². The lowest BCUT2D eigenvalue weighted by atomic mass is 9.72. The van der Waals surface area contributed by atoms with Crippen LogP contribution in [0.15, 0.2) is 0 Å². The minimum atomic E-state index is -2.47. The van der Waals surface area contributed by atoms with Gasteiger partial charge in [0.05, 0.1) is 24.0 Å². The van der Waals surface area contributed by atoms with Crippen LogP contribution in [0.5, 0.6) is 0 Å². The lowest BCUT2D eigenvalue weighted by Crippen LogP contribution is -2.52. The molecule has 0 rings (SSSR count). The first-order chi connectivity index (χ1) is 23.2. The van der Waals surface area contributed by atoms with E-state index in [9.17, 15) is 19.2 Å². The first-order valence-corrected chi connectivity index (χ1v) is 27.7. The highest BCUT2D eigenvalue weighted by molar-refractivity contribution is 6.87. The Labute approximate surface area is 312 Å². The van der Waals surface area contributed by atoms with Crippen molar-refractivity contribution < 1.29 is 47.1 Å². The van der Waals surface area contributed by atoms with Crippen LogP contribution in [-0.2, 0) is 36.9 Å². The number of hydrogen-bond donors (Lipinski definition) is 4. The summed E-state index contributed by atoms with van der Waals surface area (Å²) < 4.78 is 23.9. The van der Waals surface area contributed by atoms with E-state index in [1.165, 1.54) is 0 Å². The normalized spacial score (nSPS) is 15.4. The van der Waals surface area contributed by atoms with Crippen LogP contribution in [-0.4, -0.2) is 98.7 Å². The van der Waals surface area contributed by atoms with Crippen LogP contribution in [0.1, 0.15) is 93.9 Å². The predicted molar refractivity (Wildman–Crippen MR) is 209 cm³/mol. The van der Waals surface area contributed by atoms with Gasteiger partial charge in [0.25, 0.3) is 0 Å². The molecule has 0 saturated heterocycles. The minimum absolute atomic E-state index is 0.0541. The van der Waals surface area contributed by atoms with Gasteiger partial charge in [-0.15, -0.1) is 0 Å². The molecule has 0 bridgehead atoms. The number of hydrogen-bond acceptors (Lipinski definition) is 10. The van der Waals surface area contributed by atoms with Crippen molar-refractivity contribution in [2.75, 3.05) is 39.5 Å². The number of amides is 2. The van der Waals surface area contributed by atoms with Crippen molar-refractivity contribution in [1.82, 2.24) is 10.6 Å². The number of aliphatic hydroxyl groups is 2. The maximum absolute atomic E-state index is 13.1. The molecule has 0 aromatic heterocycles. The van der Waals surface area contributed by atoms with E-state index in [4.69, 9.17) is 27.9 Å². The van der Waals surface area contributed by atoms with Gasteiger partial charge in [-0.05, 0) is 104 Å². The number of carbonyl (C=O) groups is 4. The Balaban J connectivity index is 4.93. The average molecular weight is 779 g/mol. The second-order valence-electron chi connectivity index (χ2n) is 17.5. The fourth-order valence-corrected chi connectivity index (χ4v) is 20.8. The highest BCUT2D eigenvalue weighted by atomic mass is 28.5. The van der Waals surface area contributed by atoms with E-state index in [1.807, 2.05) is 41.5 Å². The van der Waals surface area contributed by atoms with Crippen LogP contribution in [0.2, 0.25) is 51.4 Å². The molecule has 2 atom stereocenters. The molecule has 0 aliphatic carbocycles. The van der Waals surface area contributed by atoms with Crippen molar-refractivity contribution in [3.05, 3.63) is 0 Å². The standard InChI is InChI=1S/C36H74N2O10Si3/c1-15-35(7,31(43)45-23-21-39)27-33(3,4)29(41)37-19-17-25-49(9,10)47-51(13,14)48-50(11,12)26-18-20-38-30(42)34(5,6)28-36(8,16-2)32(44)46-24-22-40/h39-40H,15-28H2,1-14H3,(H,37,41)(H,38,42). The number of ether oxygens (including phenoxy) is 2. The third-order valence-electron chi connectivity index (χ3n) is 9.62. The SMILES string of the molecule is CCC(C)(CC(C)(C)C(=O)NCCC[Si](C)(C)O[Si](C)(C)O[Si](C)(C)CCCNC(=O)C(C)(C)CC(C)(CC)C(=O)OCCO)C(=O)OCCO. The molecule has 0 aromatic carbocycles. The van der Waals surface area contributed by atoms with Crippen molar-refractivity contribution in [3.63, 3.8) is 0 Å². The van der Waals surface area contributed by atoms with Crippen molar-refractivity contribution in [1.29, 1.82) is 0 Å². The van der Waals surface area contributed by atoms with E-state index >= 15 is 0 Å². The zero-order chi connectivity index (χ0) is 40.0. The summed E-state index contributed by atoms with van der Waals surface area (Å²) in [4.78, 5) is 51.5. The van der Waals surface area contributed by atoms with E-state index in [0.717, 1.165) is 24.9 Å². The second kappa shape index (κ2) is 20.7. The molecular weight excluding hydrogens is 705 g/mol. The first kappa shape index (κ1) is 49.4. The molecule has 0 spiro atoms. The number of nitrogens with one attached hydrogen (secondary N) is 2. The summed E-state index contributed by atoms with van der Waals surface area (Å²) in [6.07, 6.45) is 3.25. The zero-order valence-corrected chi connectivity index (χ0v) is 37.6. The van der Waals surface area contributed by atoms with Gasteiger partial charge >= 0.3 is 20.5 Å². The smallest absolute Gasteiger partial charge is 0.311 e. The minimum Gasteiger partial charge on any atom is -0.463 e. The Morgan fingerprint density at radius 2 is 0.902 bits per heavy atom. The topological polar surface area (TPSA) is 170 Å². The summed E-state index contributed by atoms with van der Waals surface area (Å²) in [6.45, 7) is 28.1. The van der Waals surface area contributed by atoms with Gasteiger partial charge in [0.1, 0.15) is 13.2 Å². The van der Waals surface area contributed by atoms with E-state index in [-0.39, 0.29) is 38.2 Å². The molecule has 0 aromatic rings. The van der Waals surface area contributed by atoms with Gasteiger partial charge in [-0.2, -0.15) is 0 Å². The van der Waals surface area contributed by atoms with E-state index in [1.54, 1.807) is 13.8 Å². The van der Waals surface area contributed by atoms with E-state index < -0.39 is 58.8 Å². The Bertz CT molecular complexity index is 1050. The van der Waals surface area contributed by atoms with E-state index in [0.29, 0.717) is 38.8 Å². The van der Waals surface area contributed by atoms with Crippen LogP contribution in [0.3, 0.4) is 0 Å². The molecule has 300 valence electrons. The third-order valence-corrected chi connectivity index (χ3v) is 21.1. The molecule has 2 amide bonds. The summed E-state index contributed by atoms with van der Waals surface area (Å²) in [5.74, 6) is -1.02. The number of carbonyl (C=O) groups excluding carboxylic acids is 4. The Kier molecular flexibility index (Phi) is 20.1. The maximum atomic E-state index is 13.1. The molecule has 0 fully saturated rings. The molecule has 0 aliphatic rings. The van der Waals surface area contributed by atoms with Crippen molar-refractivity contribution in [2.45, 2.75) is 145 Å². The van der Waals surface area contributed by atoms with Gasteiger partial charge in [0, 0.05) is 23.9 Å². The molecule has 15 heteroatoms. The Hall–Kier alpha value is -1.63. The fourth-order valence-electron chi connectivity index (χ4n) is 6.78. The Morgan fingerprint density at radius 1 is 0.588 bits per heavy atom. The second-order valence-corrected chi connectivity index (χ2v) is 30.0. The number of esters is 2. The molecule has 2 unspecified atom stereocenters. The summed E-state index contributed by atoms with van der Waals surface area (Å²) in [5.41, 5.74) is -3.21. The third kappa shape index (κ3) is 17.8. The van der Waals surface area contributed by atoms with Gasteiger partial charge < -0.3 is 38.6 Å². The van der Waals surface area contributed by atoms with Crippen LogP contribution >= 0.6 is 0 Å². The van der Waals surface area contributed by atoms with E-state index in [2.05, 4.69) is 49.9 Å². The molecule has 51 heavy (non-hydrogen) atoms. The molecule has 0 radical (unpaired) electrons. The molecule has 0 aliphatic heterocycles. The van der Waals surface area contributed by atoms with Gasteiger partial charge in [-0.3, -0.25) is 19.2 Å². The van der Waals surface area contributed by atoms with Crippen LogP contribution in [0, 0.1) is 21.7 Å². The summed E-state index contributed by atoms with van der Waals surface area (Å²) >= 11 is 0. The van der Waals surface area contributed by atoms with Gasteiger partial charge in [-0.1, -0.05) is 41.5 Å². The molecule has 4 N–H and O–H groups in total. The first-order valence-electron chi connectivity index (χ1n) is 18.7. The fraction of sp³-hybridized carbons (Fsp3) is 0.889. The molecule has 12 nitrogen and oxygen atoms in total. The van der Waals surface area contributed by atoms with Crippen LogP contribution < -0.4 is 10.6 Å². The summed E-state index contributed by atoms with van der Waals surface area (Å²) in [6, 6.07) is 1.71. The van der Waals surface area contributed by atoms with Crippen molar-refractivity contribution >= 4 is 48.9 Å². The van der Waals surface area contributed by atoms with Crippen molar-refractivity contribution in [3.8, 4) is 0 Å². The van der Waals surface area contributed by atoms with Gasteiger partial charge in [0.2, 0.25) is 11.8 Å². The lowest BCUT2D eigenvalue weighted by Gasteiger charge is -2.39. The quantitative estimate of drug-likeness (QED) is 0.0473.